The molecule has 0 aliphatic heterocycles. The zero-order valence-electron chi connectivity index (χ0n) is 12.0. The highest BCUT2D eigenvalue weighted by Crippen LogP contribution is 2.15. The molecule has 0 atom stereocenters. The summed E-state index contributed by atoms with van der Waals surface area (Å²) in [7, 11) is 0. The van der Waals surface area contributed by atoms with Gasteiger partial charge in [-0.15, -0.1) is 0 Å². The van der Waals surface area contributed by atoms with Crippen molar-refractivity contribution >= 4 is 17.6 Å². The largest absolute Gasteiger partial charge is 0.618 e. The van der Waals surface area contributed by atoms with Gasteiger partial charge in [0.05, 0.1) is 0 Å². The van der Waals surface area contributed by atoms with Crippen LogP contribution in [0.15, 0.2) is 54.6 Å². The van der Waals surface area contributed by atoms with Crippen molar-refractivity contribution in [3.05, 3.63) is 65.4 Å². The summed E-state index contributed by atoms with van der Waals surface area (Å²) >= 11 is 0. The van der Waals surface area contributed by atoms with Gasteiger partial charge in [-0.05, 0) is 38.1 Å². The highest BCUT2D eigenvalue weighted by atomic mass is 16.5. The third-order valence-electron chi connectivity index (χ3n) is 3.30. The van der Waals surface area contributed by atoms with Gasteiger partial charge >= 0.3 is 0 Å². The van der Waals surface area contributed by atoms with E-state index in [-0.39, 0.29) is 0 Å². The molecule has 0 N–H and O–H groups in total. The summed E-state index contributed by atoms with van der Waals surface area (Å²) in [6, 6.07) is 17.3. The van der Waals surface area contributed by atoms with Crippen molar-refractivity contribution in [2.24, 2.45) is 0 Å². The Hall–Kier alpha value is -2.29. The van der Waals surface area contributed by atoms with Crippen LogP contribution < -0.4 is 4.90 Å². The van der Waals surface area contributed by atoms with E-state index in [2.05, 4.69) is 30.9 Å². The Bertz CT molecular complexity index is 557. The molecule has 2 rings (SSSR count). The standard InChI is InChI=1S/C17H20N2O/c1-3-18(4-2)16-12-10-15(11-13-16)14-19(20)17-8-6-5-7-9-17/h5-14H,3-4H2,1-2H3/b19-14+. The van der Waals surface area contributed by atoms with Crippen LogP contribution in [0.5, 0.6) is 0 Å². The normalized spacial score (nSPS) is 11.4. The third-order valence-corrected chi connectivity index (χ3v) is 3.30. The van der Waals surface area contributed by atoms with Gasteiger partial charge in [-0.1, -0.05) is 18.2 Å². The van der Waals surface area contributed by atoms with Crippen LogP contribution in [0, 0.1) is 5.21 Å². The van der Waals surface area contributed by atoms with Gasteiger partial charge in [0.1, 0.15) is 0 Å². The molecule has 3 heteroatoms. The Labute approximate surface area is 120 Å². The summed E-state index contributed by atoms with van der Waals surface area (Å²) in [4.78, 5) is 2.27. The van der Waals surface area contributed by atoms with E-state index >= 15 is 0 Å². The lowest BCUT2D eigenvalue weighted by Crippen LogP contribution is -2.21. The minimum Gasteiger partial charge on any atom is -0.618 e. The fourth-order valence-electron chi connectivity index (χ4n) is 2.14. The molecule has 104 valence electrons. The number of para-hydroxylation sites is 1. The van der Waals surface area contributed by atoms with Crippen molar-refractivity contribution in [1.29, 1.82) is 0 Å². The molecule has 0 aliphatic carbocycles. The maximum absolute atomic E-state index is 12.0. The number of rotatable bonds is 5. The molecule has 0 bridgehead atoms. The molecule has 0 heterocycles. The quantitative estimate of drug-likeness (QED) is 0.357. The first-order chi connectivity index (χ1) is 9.74. The molecule has 0 aliphatic rings. The smallest absolute Gasteiger partial charge is 0.216 e. The number of nitrogens with zero attached hydrogens (tertiary/aromatic N) is 2. The topological polar surface area (TPSA) is 29.3 Å². The predicted octanol–water partition coefficient (Wildman–Crippen LogP) is 3.79. The summed E-state index contributed by atoms with van der Waals surface area (Å²) < 4.78 is 0.895. The Balaban J connectivity index is 2.18. The second kappa shape index (κ2) is 6.75. The lowest BCUT2D eigenvalue weighted by Gasteiger charge is -2.20. The minimum atomic E-state index is 0.639. The third kappa shape index (κ3) is 3.38. The lowest BCUT2D eigenvalue weighted by molar-refractivity contribution is -0.354. The molecule has 0 unspecified atom stereocenters. The Morgan fingerprint density at radius 1 is 0.950 bits per heavy atom. The molecule has 2 aromatic carbocycles. The van der Waals surface area contributed by atoms with Crippen LogP contribution >= 0.6 is 0 Å². The summed E-state index contributed by atoms with van der Waals surface area (Å²) in [5, 5.41) is 12.0. The van der Waals surface area contributed by atoms with Gasteiger partial charge in [0.25, 0.3) is 0 Å². The molecule has 0 amide bonds. The maximum atomic E-state index is 12.0. The fraction of sp³-hybridized carbons (Fsp3) is 0.235. The van der Waals surface area contributed by atoms with Crippen LogP contribution in [-0.2, 0) is 0 Å². The zero-order valence-corrected chi connectivity index (χ0v) is 12.0. The first-order valence-corrected chi connectivity index (χ1v) is 6.96. The predicted molar refractivity (Wildman–Crippen MR) is 84.9 cm³/mol. The van der Waals surface area contributed by atoms with Gasteiger partial charge in [-0.3, -0.25) is 0 Å². The Morgan fingerprint density at radius 3 is 2.10 bits per heavy atom. The molecular formula is C17H20N2O. The van der Waals surface area contributed by atoms with Crippen molar-refractivity contribution in [2.75, 3.05) is 18.0 Å². The number of hydrogen-bond acceptors (Lipinski definition) is 2. The average molecular weight is 268 g/mol. The molecular weight excluding hydrogens is 248 g/mol. The summed E-state index contributed by atoms with van der Waals surface area (Å²) in [6.07, 6.45) is 1.60. The highest BCUT2D eigenvalue weighted by molar-refractivity contribution is 5.77. The molecule has 3 nitrogen and oxygen atoms in total. The van der Waals surface area contributed by atoms with Crippen LogP contribution in [0.4, 0.5) is 11.4 Å². The monoisotopic (exact) mass is 268 g/mol. The molecule has 20 heavy (non-hydrogen) atoms. The molecule has 0 fully saturated rings. The number of anilines is 1. The van der Waals surface area contributed by atoms with Crippen molar-refractivity contribution in [3.63, 3.8) is 0 Å². The van der Waals surface area contributed by atoms with E-state index in [1.165, 1.54) is 5.69 Å². The van der Waals surface area contributed by atoms with Gasteiger partial charge in [-0.25, -0.2) is 0 Å². The van der Waals surface area contributed by atoms with E-state index < -0.39 is 0 Å². The summed E-state index contributed by atoms with van der Waals surface area (Å²) in [5.41, 5.74) is 2.73. The second-order valence-corrected chi connectivity index (χ2v) is 4.55. The van der Waals surface area contributed by atoms with E-state index in [0.29, 0.717) is 5.69 Å². The minimum absolute atomic E-state index is 0.639. The van der Waals surface area contributed by atoms with Crippen LogP contribution in [0.25, 0.3) is 0 Å². The van der Waals surface area contributed by atoms with Crippen LogP contribution in [0.2, 0.25) is 0 Å². The van der Waals surface area contributed by atoms with Gasteiger partial charge in [0.2, 0.25) is 5.69 Å². The highest BCUT2D eigenvalue weighted by Gasteiger charge is 2.03. The second-order valence-electron chi connectivity index (χ2n) is 4.55. The van der Waals surface area contributed by atoms with E-state index in [4.69, 9.17) is 0 Å². The van der Waals surface area contributed by atoms with Crippen LogP contribution in [-0.4, -0.2) is 24.0 Å². The van der Waals surface area contributed by atoms with Crippen LogP contribution in [0.1, 0.15) is 19.4 Å². The van der Waals surface area contributed by atoms with Crippen molar-refractivity contribution in [1.82, 2.24) is 0 Å². The fourth-order valence-corrected chi connectivity index (χ4v) is 2.14. The zero-order chi connectivity index (χ0) is 14.4. The summed E-state index contributed by atoms with van der Waals surface area (Å²) in [5.74, 6) is 0. The SMILES string of the molecule is CCN(CC)c1ccc(/C=[N+](/[O-])c2ccccc2)cc1. The average Bonchev–Trinajstić information content (AvgIpc) is 2.51. The van der Waals surface area contributed by atoms with Gasteiger partial charge < -0.3 is 10.1 Å². The maximum Gasteiger partial charge on any atom is 0.216 e. The van der Waals surface area contributed by atoms with E-state index in [1.54, 1.807) is 18.3 Å². The van der Waals surface area contributed by atoms with Crippen molar-refractivity contribution < 1.29 is 4.74 Å². The van der Waals surface area contributed by atoms with Crippen molar-refractivity contribution in [3.8, 4) is 0 Å². The Morgan fingerprint density at radius 2 is 1.55 bits per heavy atom. The van der Waals surface area contributed by atoms with Gasteiger partial charge in [0, 0.05) is 36.5 Å². The van der Waals surface area contributed by atoms with Gasteiger partial charge in [-0.2, -0.15) is 4.74 Å². The summed E-state index contributed by atoms with van der Waals surface area (Å²) in [6.45, 7) is 6.24. The molecule has 2 aromatic rings. The first kappa shape index (κ1) is 14.1. The molecule has 0 aromatic heterocycles. The van der Waals surface area contributed by atoms with Crippen molar-refractivity contribution in [2.45, 2.75) is 13.8 Å². The number of benzene rings is 2. The lowest BCUT2D eigenvalue weighted by atomic mass is 10.2. The van der Waals surface area contributed by atoms with E-state index in [0.717, 1.165) is 23.4 Å². The molecule has 0 saturated heterocycles. The van der Waals surface area contributed by atoms with E-state index in [1.807, 2.05) is 30.3 Å². The van der Waals surface area contributed by atoms with E-state index in [9.17, 15) is 5.21 Å². The number of hydrogen-bond donors (Lipinski definition) is 0. The first-order valence-electron chi connectivity index (χ1n) is 6.96. The van der Waals surface area contributed by atoms with Gasteiger partial charge in [0.15, 0.2) is 6.21 Å². The molecule has 0 saturated carbocycles. The van der Waals surface area contributed by atoms with Crippen LogP contribution in [0.3, 0.4) is 0 Å². The molecule has 0 radical (unpaired) electrons. The Kier molecular flexibility index (Phi) is 4.77. The molecule has 0 spiro atoms.